The molecule has 1 aromatic rings. The van der Waals surface area contributed by atoms with Crippen LogP contribution in [0.15, 0.2) is 30.3 Å². The lowest BCUT2D eigenvalue weighted by Gasteiger charge is -2.28. The first-order valence-electron chi connectivity index (χ1n) is 6.34. The third-order valence-electron chi connectivity index (χ3n) is 3.55. The van der Waals surface area contributed by atoms with Gasteiger partial charge in [0.25, 0.3) is 0 Å². The largest absolute Gasteiger partial charge is 0.384 e. The Kier molecular flexibility index (Phi) is 4.15. The summed E-state index contributed by atoms with van der Waals surface area (Å²) in [7, 11) is 0. The first-order chi connectivity index (χ1) is 8.24. The van der Waals surface area contributed by atoms with E-state index in [1.54, 1.807) is 0 Å². The molecule has 3 nitrogen and oxygen atoms in total. The van der Waals surface area contributed by atoms with Gasteiger partial charge in [0.1, 0.15) is 5.60 Å². The second kappa shape index (κ2) is 5.63. The van der Waals surface area contributed by atoms with E-state index >= 15 is 0 Å². The molecule has 3 heteroatoms. The van der Waals surface area contributed by atoms with Gasteiger partial charge in [0.2, 0.25) is 0 Å². The zero-order valence-electron chi connectivity index (χ0n) is 10.1. The zero-order chi connectivity index (χ0) is 12.1. The molecular weight excluding hydrogens is 214 g/mol. The van der Waals surface area contributed by atoms with Crippen molar-refractivity contribution in [1.82, 2.24) is 0 Å². The predicted molar refractivity (Wildman–Crippen MR) is 67.6 cm³/mol. The molecule has 0 aliphatic carbocycles. The molecule has 2 rings (SSSR count). The Hall–Kier alpha value is -0.900. The summed E-state index contributed by atoms with van der Waals surface area (Å²) in [6.45, 7) is 1.11. The number of benzene rings is 1. The summed E-state index contributed by atoms with van der Waals surface area (Å²) in [5, 5.41) is 10.6. The topological polar surface area (TPSA) is 55.5 Å². The van der Waals surface area contributed by atoms with Crippen molar-refractivity contribution in [1.29, 1.82) is 0 Å². The van der Waals surface area contributed by atoms with Crippen LogP contribution >= 0.6 is 0 Å². The predicted octanol–water partition coefficient (Wildman–Crippen LogP) is 1.79. The highest BCUT2D eigenvalue weighted by Gasteiger charge is 2.29. The van der Waals surface area contributed by atoms with Crippen molar-refractivity contribution in [2.45, 2.75) is 37.4 Å². The van der Waals surface area contributed by atoms with Crippen molar-refractivity contribution in [3.05, 3.63) is 35.9 Å². The summed E-state index contributed by atoms with van der Waals surface area (Å²) in [5.74, 6) is 0. The lowest BCUT2D eigenvalue weighted by molar-refractivity contribution is 0.0139. The maximum atomic E-state index is 10.6. The van der Waals surface area contributed by atoms with Crippen molar-refractivity contribution in [3.8, 4) is 0 Å². The van der Waals surface area contributed by atoms with Gasteiger partial charge in [0.15, 0.2) is 0 Å². The fraction of sp³-hybridized carbons (Fsp3) is 0.571. The Balaban J connectivity index is 1.98. The van der Waals surface area contributed by atoms with Gasteiger partial charge in [-0.15, -0.1) is 0 Å². The van der Waals surface area contributed by atoms with E-state index in [1.807, 2.05) is 30.3 Å². The van der Waals surface area contributed by atoms with Gasteiger partial charge < -0.3 is 15.6 Å². The Morgan fingerprint density at radius 2 is 2.12 bits per heavy atom. The van der Waals surface area contributed by atoms with Crippen LogP contribution in [0.1, 0.15) is 31.2 Å². The van der Waals surface area contributed by atoms with E-state index in [9.17, 15) is 5.11 Å². The standard InChI is InChI=1S/C14H21NO2/c15-11-14(16,12-5-2-1-3-6-12)9-8-13-7-4-10-17-13/h1-3,5-6,13,16H,4,7-11,15H2. The molecule has 1 aliphatic rings. The normalized spacial score (nSPS) is 23.5. The summed E-state index contributed by atoms with van der Waals surface area (Å²) in [5.41, 5.74) is 5.73. The van der Waals surface area contributed by atoms with Crippen LogP contribution in [0, 0.1) is 0 Å². The van der Waals surface area contributed by atoms with Crippen molar-refractivity contribution < 1.29 is 9.84 Å². The maximum Gasteiger partial charge on any atom is 0.102 e. The van der Waals surface area contributed by atoms with Gasteiger partial charge >= 0.3 is 0 Å². The zero-order valence-corrected chi connectivity index (χ0v) is 10.1. The van der Waals surface area contributed by atoms with Crippen LogP contribution < -0.4 is 5.73 Å². The van der Waals surface area contributed by atoms with Gasteiger partial charge in [-0.3, -0.25) is 0 Å². The van der Waals surface area contributed by atoms with Gasteiger partial charge in [-0.25, -0.2) is 0 Å². The molecule has 2 atom stereocenters. The third kappa shape index (κ3) is 3.06. The number of aliphatic hydroxyl groups is 1. The van der Waals surface area contributed by atoms with Crippen molar-refractivity contribution in [3.63, 3.8) is 0 Å². The number of ether oxygens (including phenoxy) is 1. The number of hydrogen-bond acceptors (Lipinski definition) is 3. The van der Waals surface area contributed by atoms with Gasteiger partial charge in [-0.05, 0) is 31.2 Å². The molecule has 0 spiro atoms. The molecule has 0 aromatic heterocycles. The number of nitrogens with two attached hydrogens (primary N) is 1. The molecule has 3 N–H and O–H groups in total. The highest BCUT2D eigenvalue weighted by atomic mass is 16.5. The summed E-state index contributed by atoms with van der Waals surface area (Å²) in [6, 6.07) is 9.68. The van der Waals surface area contributed by atoms with E-state index in [1.165, 1.54) is 0 Å². The molecule has 1 aromatic carbocycles. The summed E-state index contributed by atoms with van der Waals surface area (Å²) in [4.78, 5) is 0. The first-order valence-corrected chi connectivity index (χ1v) is 6.34. The maximum absolute atomic E-state index is 10.6. The fourth-order valence-corrected chi connectivity index (χ4v) is 2.38. The monoisotopic (exact) mass is 235 g/mol. The molecule has 17 heavy (non-hydrogen) atoms. The lowest BCUT2D eigenvalue weighted by atomic mass is 9.88. The summed E-state index contributed by atoms with van der Waals surface area (Å²) < 4.78 is 5.58. The van der Waals surface area contributed by atoms with E-state index in [-0.39, 0.29) is 6.54 Å². The Morgan fingerprint density at radius 1 is 1.35 bits per heavy atom. The van der Waals surface area contributed by atoms with Gasteiger partial charge in [0.05, 0.1) is 6.10 Å². The van der Waals surface area contributed by atoms with Crippen LogP contribution in [-0.2, 0) is 10.3 Å². The smallest absolute Gasteiger partial charge is 0.102 e. The highest BCUT2D eigenvalue weighted by molar-refractivity contribution is 5.22. The second-order valence-corrected chi connectivity index (χ2v) is 4.78. The molecule has 1 aliphatic heterocycles. The number of hydrogen-bond donors (Lipinski definition) is 2. The third-order valence-corrected chi connectivity index (χ3v) is 3.55. The van der Waals surface area contributed by atoms with E-state index in [0.29, 0.717) is 12.5 Å². The summed E-state index contributed by atoms with van der Waals surface area (Å²) in [6.07, 6.45) is 4.09. The Labute approximate surface area is 103 Å². The average molecular weight is 235 g/mol. The quantitative estimate of drug-likeness (QED) is 0.818. The van der Waals surface area contributed by atoms with Crippen LogP contribution in [-0.4, -0.2) is 24.4 Å². The van der Waals surface area contributed by atoms with Crippen LogP contribution in [0.3, 0.4) is 0 Å². The SMILES string of the molecule is NCC(O)(CCC1CCCO1)c1ccccc1. The molecule has 0 amide bonds. The van der Waals surface area contributed by atoms with Crippen molar-refractivity contribution in [2.24, 2.45) is 5.73 Å². The minimum absolute atomic E-state index is 0.254. The van der Waals surface area contributed by atoms with Crippen LogP contribution in [0.2, 0.25) is 0 Å². The van der Waals surface area contributed by atoms with Gasteiger partial charge in [0, 0.05) is 13.2 Å². The molecule has 1 fully saturated rings. The lowest BCUT2D eigenvalue weighted by Crippen LogP contribution is -2.35. The highest BCUT2D eigenvalue weighted by Crippen LogP contribution is 2.28. The van der Waals surface area contributed by atoms with E-state index < -0.39 is 5.60 Å². The molecule has 2 unspecified atom stereocenters. The Bertz CT molecular complexity index is 335. The van der Waals surface area contributed by atoms with Crippen LogP contribution in [0.5, 0.6) is 0 Å². The minimum Gasteiger partial charge on any atom is -0.384 e. The molecule has 0 saturated carbocycles. The average Bonchev–Trinajstić information content (AvgIpc) is 2.90. The second-order valence-electron chi connectivity index (χ2n) is 4.78. The van der Waals surface area contributed by atoms with Gasteiger partial charge in [-0.1, -0.05) is 30.3 Å². The van der Waals surface area contributed by atoms with E-state index in [4.69, 9.17) is 10.5 Å². The molecule has 94 valence electrons. The van der Waals surface area contributed by atoms with Crippen LogP contribution in [0.4, 0.5) is 0 Å². The van der Waals surface area contributed by atoms with Crippen LogP contribution in [0.25, 0.3) is 0 Å². The molecular formula is C14H21NO2. The molecule has 0 bridgehead atoms. The molecule has 1 saturated heterocycles. The minimum atomic E-state index is -0.910. The molecule has 1 heterocycles. The Morgan fingerprint density at radius 3 is 2.71 bits per heavy atom. The van der Waals surface area contributed by atoms with Crippen molar-refractivity contribution in [2.75, 3.05) is 13.2 Å². The summed E-state index contributed by atoms with van der Waals surface area (Å²) >= 11 is 0. The van der Waals surface area contributed by atoms with Gasteiger partial charge in [-0.2, -0.15) is 0 Å². The van der Waals surface area contributed by atoms with E-state index in [0.717, 1.165) is 31.4 Å². The van der Waals surface area contributed by atoms with Crippen molar-refractivity contribution >= 4 is 0 Å². The number of rotatable bonds is 5. The fourth-order valence-electron chi connectivity index (χ4n) is 2.38. The first kappa shape index (κ1) is 12.6. The molecule has 0 radical (unpaired) electrons. The van der Waals surface area contributed by atoms with E-state index in [2.05, 4.69) is 0 Å².